The molecular weight excluding hydrogens is 571 g/mol. The van der Waals surface area contributed by atoms with E-state index in [1.54, 1.807) is 0 Å². The van der Waals surface area contributed by atoms with E-state index in [4.69, 9.17) is 0 Å². The van der Waals surface area contributed by atoms with Gasteiger partial charge in [-0.3, -0.25) is 0 Å². The number of para-hydroxylation sites is 2. The van der Waals surface area contributed by atoms with Gasteiger partial charge in [0.1, 0.15) is 0 Å². The number of nitrogens with zero attached hydrogens (tertiary/aromatic N) is 1. The fourth-order valence-corrected chi connectivity index (χ4v) is 3.15. The third-order valence-electron chi connectivity index (χ3n) is 3.71. The Morgan fingerprint density at radius 1 is 0.607 bits per heavy atom. The average molecular weight is 603 g/mol. The summed E-state index contributed by atoms with van der Waals surface area (Å²) in [6.07, 6.45) is 0. The van der Waals surface area contributed by atoms with E-state index in [9.17, 15) is 0 Å². The summed E-state index contributed by atoms with van der Waals surface area (Å²) in [7, 11) is 2.77. The number of hydrogen-bond acceptors (Lipinski definition) is 0. The fraction of sp³-hybridized carbons (Fsp3) is 0.250. The summed E-state index contributed by atoms with van der Waals surface area (Å²) in [5.41, 5.74) is 3.71. The van der Waals surface area contributed by atoms with Crippen molar-refractivity contribution in [2.45, 2.75) is 29.6 Å². The molecule has 0 aliphatic heterocycles. The molecule has 2 radical (unpaired) electrons. The van der Waals surface area contributed by atoms with Crippen molar-refractivity contribution in [3.05, 3.63) is 72.8 Å². The van der Waals surface area contributed by atoms with Crippen LogP contribution in [-0.4, -0.2) is 44.1 Å². The van der Waals surface area contributed by atoms with Crippen LogP contribution in [0.1, 0.15) is 0 Å². The van der Waals surface area contributed by atoms with Crippen LogP contribution in [0.4, 0.5) is 0 Å². The standard InChI is InChI=1S/C18H14NP.6CH3.2Sn/c20-14-7-5-6-13(12-14)19-17-10-3-1-8-15(17)16-9-2-4-11-18(16)19;;;;;;;;/h1-12H,20H2;6*1H3;;. The SMILES string of the molecule is Pc1cccc(-n2c3ccccc3c3ccccc32)c1.[CH3][Sn]([CH3])[CH3].[CH3][Sn]([CH3])[CH3]. The van der Waals surface area contributed by atoms with Crippen molar-refractivity contribution in [2.24, 2.45) is 0 Å². The van der Waals surface area contributed by atoms with Crippen LogP contribution in [-0.2, 0) is 0 Å². The third-order valence-corrected chi connectivity index (χ3v) is 4.07. The molecule has 1 unspecified atom stereocenters. The minimum atomic E-state index is -0.543. The monoisotopic (exact) mass is 605 g/mol. The molecule has 1 aromatic heterocycles. The molecule has 1 atom stereocenters. The second-order valence-electron chi connectivity index (χ2n) is 7.96. The van der Waals surface area contributed by atoms with Gasteiger partial charge in [0.25, 0.3) is 0 Å². The van der Waals surface area contributed by atoms with Crippen molar-refractivity contribution in [1.82, 2.24) is 4.57 Å². The van der Waals surface area contributed by atoms with Crippen LogP contribution < -0.4 is 5.30 Å². The van der Waals surface area contributed by atoms with Crippen molar-refractivity contribution in [2.75, 3.05) is 0 Å². The van der Waals surface area contributed by atoms with Gasteiger partial charge in [0.05, 0.1) is 11.0 Å². The summed E-state index contributed by atoms with van der Waals surface area (Å²) in [5, 5.41) is 3.80. The molecule has 0 N–H and O–H groups in total. The molecular formula is C24H32NPSn2. The Balaban J connectivity index is 0.000000302. The van der Waals surface area contributed by atoms with E-state index < -0.39 is 39.5 Å². The number of fused-ring (bicyclic) bond motifs is 3. The van der Waals surface area contributed by atoms with Crippen LogP contribution >= 0.6 is 9.24 Å². The van der Waals surface area contributed by atoms with E-state index in [-0.39, 0.29) is 0 Å². The first kappa shape index (κ1) is 23.8. The molecule has 146 valence electrons. The molecule has 0 amide bonds. The summed E-state index contributed by atoms with van der Waals surface area (Å²) in [6.45, 7) is 0. The first-order chi connectivity index (χ1) is 13.3. The molecule has 0 aliphatic rings. The number of rotatable bonds is 1. The van der Waals surface area contributed by atoms with Crippen LogP contribution in [0, 0.1) is 0 Å². The molecule has 0 spiro atoms. The Bertz CT molecular complexity index is 957. The van der Waals surface area contributed by atoms with E-state index in [1.165, 1.54) is 32.8 Å². The van der Waals surface area contributed by atoms with Crippen molar-refractivity contribution in [3.8, 4) is 5.69 Å². The quantitative estimate of drug-likeness (QED) is 0.163. The van der Waals surface area contributed by atoms with Gasteiger partial charge in [-0.25, -0.2) is 0 Å². The fourth-order valence-electron chi connectivity index (χ4n) is 2.86. The molecule has 4 rings (SSSR count). The molecule has 0 saturated heterocycles. The van der Waals surface area contributed by atoms with Gasteiger partial charge in [-0.2, -0.15) is 0 Å². The molecule has 3 aromatic carbocycles. The molecule has 0 fully saturated rings. The molecule has 28 heavy (non-hydrogen) atoms. The topological polar surface area (TPSA) is 4.93 Å². The first-order valence-electron chi connectivity index (χ1n) is 9.69. The maximum atomic E-state index is 2.77. The van der Waals surface area contributed by atoms with E-state index >= 15 is 0 Å². The summed E-state index contributed by atoms with van der Waals surface area (Å²) >= 11 is -1.09. The molecule has 4 heteroatoms. The van der Waals surface area contributed by atoms with E-state index in [2.05, 4.69) is 116 Å². The Morgan fingerprint density at radius 3 is 1.46 bits per heavy atom. The summed E-state index contributed by atoms with van der Waals surface area (Å²) in [5.74, 6) is 0. The zero-order chi connectivity index (χ0) is 20.7. The molecule has 4 aromatic rings. The van der Waals surface area contributed by atoms with E-state index in [0.29, 0.717) is 0 Å². The van der Waals surface area contributed by atoms with Gasteiger partial charge in [-0.1, -0.05) is 48.5 Å². The predicted molar refractivity (Wildman–Crippen MR) is 137 cm³/mol. The van der Waals surface area contributed by atoms with E-state index in [0.717, 1.165) is 0 Å². The average Bonchev–Trinajstić information content (AvgIpc) is 2.95. The molecule has 1 heterocycles. The van der Waals surface area contributed by atoms with Crippen LogP contribution in [0.15, 0.2) is 72.8 Å². The third kappa shape index (κ3) is 6.78. The van der Waals surface area contributed by atoms with Crippen molar-refractivity contribution < 1.29 is 0 Å². The van der Waals surface area contributed by atoms with Gasteiger partial charge < -0.3 is 4.57 Å². The number of aromatic nitrogens is 1. The van der Waals surface area contributed by atoms with Gasteiger partial charge in [0.15, 0.2) is 0 Å². The van der Waals surface area contributed by atoms with Gasteiger partial charge in [0.2, 0.25) is 0 Å². The zero-order valence-corrected chi connectivity index (χ0v) is 24.8. The Hall–Kier alpha value is -0.513. The molecule has 1 nitrogen and oxygen atoms in total. The Kier molecular flexibility index (Phi) is 9.86. The normalized spacial score (nSPS) is 10.6. The predicted octanol–water partition coefficient (Wildman–Crippen LogP) is 7.03. The number of hydrogen-bond donors (Lipinski definition) is 0. The summed E-state index contributed by atoms with van der Waals surface area (Å²) < 4.78 is 2.33. The molecule has 0 saturated carbocycles. The van der Waals surface area contributed by atoms with Crippen molar-refractivity contribution in [1.29, 1.82) is 0 Å². The Morgan fingerprint density at radius 2 is 1.04 bits per heavy atom. The van der Waals surface area contributed by atoms with Crippen LogP contribution in [0.5, 0.6) is 0 Å². The maximum absolute atomic E-state index is 2.77. The summed E-state index contributed by atoms with van der Waals surface area (Å²) in [6, 6.07) is 25.7. The van der Waals surface area contributed by atoms with Gasteiger partial charge in [-0.05, 0) is 29.6 Å². The summed E-state index contributed by atoms with van der Waals surface area (Å²) in [4.78, 5) is 14.2. The Labute approximate surface area is 187 Å². The van der Waals surface area contributed by atoms with Crippen molar-refractivity contribution in [3.63, 3.8) is 0 Å². The van der Waals surface area contributed by atoms with Gasteiger partial charge >= 0.3 is 69.2 Å². The van der Waals surface area contributed by atoms with Crippen LogP contribution in [0.25, 0.3) is 27.5 Å². The van der Waals surface area contributed by atoms with E-state index in [1.807, 2.05) is 0 Å². The zero-order valence-electron chi connectivity index (χ0n) is 18.0. The van der Waals surface area contributed by atoms with Gasteiger partial charge in [0, 0.05) is 16.5 Å². The van der Waals surface area contributed by atoms with Crippen molar-refractivity contribution >= 4 is 75.9 Å². The second kappa shape index (κ2) is 11.6. The molecule has 0 aliphatic carbocycles. The number of benzene rings is 3. The molecule has 0 bridgehead atoms. The van der Waals surface area contributed by atoms with Gasteiger partial charge in [-0.15, -0.1) is 9.24 Å². The van der Waals surface area contributed by atoms with Crippen LogP contribution in [0.2, 0.25) is 29.6 Å². The van der Waals surface area contributed by atoms with Crippen LogP contribution in [0.3, 0.4) is 0 Å². The minimum absolute atomic E-state index is 0.543. The second-order valence-corrected chi connectivity index (χ2v) is 25.8. The first-order valence-corrected chi connectivity index (χ1v) is 27.4.